The summed E-state index contributed by atoms with van der Waals surface area (Å²) >= 11 is 0. The number of carbonyl (C=O) groups is 1. The van der Waals surface area contributed by atoms with Crippen molar-refractivity contribution in [3.63, 3.8) is 0 Å². The van der Waals surface area contributed by atoms with Crippen LogP contribution < -0.4 is 10.1 Å². The molecule has 164 valence electrons. The number of rotatable bonds is 6. The molecule has 1 aromatic heterocycles. The molecule has 0 radical (unpaired) electrons. The number of aryl methyl sites for hydroxylation is 1. The predicted molar refractivity (Wildman–Crippen MR) is 101 cm³/mol. The number of anilines is 1. The average molecular weight is 446 g/mol. The first kappa shape index (κ1) is 22.1. The molecule has 1 atom stereocenters. The highest BCUT2D eigenvalue weighted by molar-refractivity contribution is 7.89. The lowest BCUT2D eigenvalue weighted by atomic mass is 9.99. The number of sulfonamides is 1. The lowest BCUT2D eigenvalue weighted by molar-refractivity contribution is -0.274. The van der Waals surface area contributed by atoms with E-state index in [1.165, 1.54) is 29.0 Å². The summed E-state index contributed by atoms with van der Waals surface area (Å²) in [5, 5.41) is 2.55. The molecule has 1 fully saturated rings. The van der Waals surface area contributed by atoms with Crippen LogP contribution in [0.4, 0.5) is 18.9 Å². The smallest absolute Gasteiger partial charge is 0.406 e. The van der Waals surface area contributed by atoms with Crippen LogP contribution in [0.15, 0.2) is 41.8 Å². The monoisotopic (exact) mass is 446 g/mol. The van der Waals surface area contributed by atoms with Gasteiger partial charge in [-0.25, -0.2) is 13.4 Å². The summed E-state index contributed by atoms with van der Waals surface area (Å²) in [4.78, 5) is 16.5. The maximum absolute atomic E-state index is 12.8. The molecule has 3 rings (SSSR count). The zero-order valence-electron chi connectivity index (χ0n) is 16.1. The summed E-state index contributed by atoms with van der Waals surface area (Å²) in [5.41, 5.74) is 0.288. The van der Waals surface area contributed by atoms with Gasteiger partial charge in [0.15, 0.2) is 5.03 Å². The molecular formula is C18H21F3N4O4S. The van der Waals surface area contributed by atoms with Gasteiger partial charge < -0.3 is 14.6 Å². The van der Waals surface area contributed by atoms with Crippen molar-refractivity contribution in [1.29, 1.82) is 0 Å². The quantitative estimate of drug-likeness (QED) is 0.737. The van der Waals surface area contributed by atoms with Crippen molar-refractivity contribution >= 4 is 21.6 Å². The Balaban J connectivity index is 1.64. The number of aromatic nitrogens is 2. The van der Waals surface area contributed by atoms with E-state index in [1.54, 1.807) is 4.57 Å². The van der Waals surface area contributed by atoms with Crippen LogP contribution in [0.2, 0.25) is 0 Å². The van der Waals surface area contributed by atoms with Crippen molar-refractivity contribution in [3.05, 3.63) is 36.8 Å². The normalized spacial score (nSPS) is 18.2. The number of carbonyl (C=O) groups excluding carboxylic acids is 1. The summed E-state index contributed by atoms with van der Waals surface area (Å²) in [6.07, 6.45) is -0.910. The zero-order valence-corrected chi connectivity index (χ0v) is 16.9. The second kappa shape index (κ2) is 8.64. The summed E-state index contributed by atoms with van der Waals surface area (Å²) in [5.74, 6) is -1.40. The molecule has 0 unspecified atom stereocenters. The Bertz CT molecular complexity index is 990. The van der Waals surface area contributed by atoms with Gasteiger partial charge in [-0.15, -0.1) is 13.2 Å². The SMILES string of the molecule is CCn1cnc(S(=O)(=O)N2CCC[C@@H](C(=O)Nc3ccc(OC(F)(F)F)cc3)C2)c1. The van der Waals surface area contributed by atoms with Gasteiger partial charge in [-0.3, -0.25) is 4.79 Å². The molecule has 2 heterocycles. The molecule has 0 spiro atoms. The molecule has 1 aromatic carbocycles. The second-order valence-electron chi connectivity index (χ2n) is 6.81. The summed E-state index contributed by atoms with van der Waals surface area (Å²) in [6, 6.07) is 4.75. The van der Waals surface area contributed by atoms with E-state index in [9.17, 15) is 26.4 Å². The lowest BCUT2D eigenvalue weighted by Crippen LogP contribution is -2.43. The molecule has 1 amide bonds. The van der Waals surface area contributed by atoms with Crippen molar-refractivity contribution < 1.29 is 31.1 Å². The van der Waals surface area contributed by atoms with Crippen LogP contribution >= 0.6 is 0 Å². The first-order chi connectivity index (χ1) is 14.1. The van der Waals surface area contributed by atoms with Crippen LogP contribution in [-0.4, -0.2) is 47.6 Å². The van der Waals surface area contributed by atoms with Crippen molar-refractivity contribution in [1.82, 2.24) is 13.9 Å². The number of nitrogens with one attached hydrogen (secondary N) is 1. The molecule has 1 N–H and O–H groups in total. The number of hydrogen-bond acceptors (Lipinski definition) is 5. The minimum Gasteiger partial charge on any atom is -0.406 e. The fourth-order valence-corrected chi connectivity index (χ4v) is 4.60. The van der Waals surface area contributed by atoms with Gasteiger partial charge in [0.1, 0.15) is 5.75 Å². The maximum atomic E-state index is 12.8. The van der Waals surface area contributed by atoms with Crippen LogP contribution in [0, 0.1) is 5.92 Å². The van der Waals surface area contributed by atoms with Crippen LogP contribution in [0.5, 0.6) is 5.75 Å². The van der Waals surface area contributed by atoms with Gasteiger partial charge in [0.25, 0.3) is 10.0 Å². The van der Waals surface area contributed by atoms with E-state index in [0.717, 1.165) is 12.1 Å². The Hall–Kier alpha value is -2.60. The average Bonchev–Trinajstić information content (AvgIpc) is 3.19. The van der Waals surface area contributed by atoms with Crippen LogP contribution in [0.25, 0.3) is 0 Å². The van der Waals surface area contributed by atoms with Crippen LogP contribution in [-0.2, 0) is 21.4 Å². The molecule has 2 aromatic rings. The Morgan fingerprint density at radius 2 is 2.00 bits per heavy atom. The Morgan fingerprint density at radius 1 is 1.30 bits per heavy atom. The molecule has 1 aliphatic rings. The predicted octanol–water partition coefficient (Wildman–Crippen LogP) is 2.84. The topological polar surface area (TPSA) is 93.5 Å². The van der Waals surface area contributed by atoms with E-state index < -0.39 is 34.0 Å². The minimum atomic E-state index is -4.80. The molecule has 1 saturated heterocycles. The number of amides is 1. The molecule has 1 aliphatic heterocycles. The van der Waals surface area contributed by atoms with Gasteiger partial charge in [0, 0.05) is 31.5 Å². The lowest BCUT2D eigenvalue weighted by Gasteiger charge is -2.30. The number of alkyl halides is 3. The van der Waals surface area contributed by atoms with Crippen molar-refractivity contribution in [2.75, 3.05) is 18.4 Å². The third-order valence-electron chi connectivity index (χ3n) is 4.69. The highest BCUT2D eigenvalue weighted by atomic mass is 32.2. The van der Waals surface area contributed by atoms with Gasteiger partial charge in [-0.05, 0) is 44.0 Å². The standard InChI is InChI=1S/C18H21F3N4O4S/c1-2-24-11-16(22-12-24)30(27,28)25-9-3-4-13(10-25)17(26)23-14-5-7-15(8-6-14)29-18(19,20)21/h5-8,11-13H,2-4,9-10H2,1H3,(H,23,26)/t13-/m1/s1. The first-order valence-corrected chi connectivity index (χ1v) is 10.7. The van der Waals surface area contributed by atoms with E-state index in [2.05, 4.69) is 15.0 Å². The number of ether oxygens (including phenoxy) is 1. The van der Waals surface area contributed by atoms with Gasteiger partial charge in [-0.2, -0.15) is 4.31 Å². The van der Waals surface area contributed by atoms with Gasteiger partial charge in [-0.1, -0.05) is 0 Å². The zero-order chi connectivity index (χ0) is 21.9. The molecule has 12 heteroatoms. The van der Waals surface area contributed by atoms with E-state index in [1.807, 2.05) is 6.92 Å². The largest absolute Gasteiger partial charge is 0.573 e. The number of piperidine rings is 1. The second-order valence-corrected chi connectivity index (χ2v) is 8.69. The van der Waals surface area contributed by atoms with E-state index in [0.29, 0.717) is 19.4 Å². The third-order valence-corrected chi connectivity index (χ3v) is 6.44. The van der Waals surface area contributed by atoms with Crippen molar-refractivity contribution in [3.8, 4) is 5.75 Å². The van der Waals surface area contributed by atoms with E-state index in [4.69, 9.17) is 0 Å². The van der Waals surface area contributed by atoms with E-state index in [-0.39, 0.29) is 23.8 Å². The van der Waals surface area contributed by atoms with Crippen LogP contribution in [0.1, 0.15) is 19.8 Å². The first-order valence-electron chi connectivity index (χ1n) is 9.27. The number of imidazole rings is 1. The van der Waals surface area contributed by atoms with Crippen molar-refractivity contribution in [2.45, 2.75) is 37.7 Å². The van der Waals surface area contributed by atoms with E-state index >= 15 is 0 Å². The highest BCUT2D eigenvalue weighted by Crippen LogP contribution is 2.26. The fourth-order valence-electron chi connectivity index (χ4n) is 3.14. The number of benzene rings is 1. The Kier molecular flexibility index (Phi) is 6.36. The molecular weight excluding hydrogens is 425 g/mol. The fraction of sp³-hybridized carbons (Fsp3) is 0.444. The number of halogens is 3. The molecule has 30 heavy (non-hydrogen) atoms. The highest BCUT2D eigenvalue weighted by Gasteiger charge is 2.34. The summed E-state index contributed by atoms with van der Waals surface area (Å²) < 4.78 is 68.9. The molecule has 0 aliphatic carbocycles. The molecule has 0 saturated carbocycles. The Morgan fingerprint density at radius 3 is 2.60 bits per heavy atom. The van der Waals surface area contributed by atoms with Gasteiger partial charge >= 0.3 is 6.36 Å². The third kappa shape index (κ3) is 5.30. The van der Waals surface area contributed by atoms with Gasteiger partial charge in [0.2, 0.25) is 5.91 Å². The number of nitrogens with zero attached hydrogens (tertiary/aromatic N) is 3. The minimum absolute atomic E-state index is 0.00240. The Labute approximate surface area is 171 Å². The molecule has 0 bridgehead atoms. The van der Waals surface area contributed by atoms with Gasteiger partial charge in [0.05, 0.1) is 12.2 Å². The van der Waals surface area contributed by atoms with Crippen molar-refractivity contribution in [2.24, 2.45) is 5.92 Å². The maximum Gasteiger partial charge on any atom is 0.573 e. The summed E-state index contributed by atoms with van der Waals surface area (Å²) in [6.45, 7) is 2.73. The van der Waals surface area contributed by atoms with Crippen LogP contribution in [0.3, 0.4) is 0 Å². The number of hydrogen-bond donors (Lipinski definition) is 1. The molecule has 8 nitrogen and oxygen atoms in total. The summed E-state index contributed by atoms with van der Waals surface area (Å²) in [7, 11) is -3.82.